The van der Waals surface area contributed by atoms with Gasteiger partial charge in [-0.25, -0.2) is 0 Å². The fourth-order valence-electron chi connectivity index (χ4n) is 2.31. The molecule has 1 atom stereocenters. The summed E-state index contributed by atoms with van der Waals surface area (Å²) in [5.74, 6) is 0.418. The van der Waals surface area contributed by atoms with Crippen LogP contribution in [0, 0.1) is 5.41 Å². The molecule has 0 aromatic heterocycles. The lowest BCUT2D eigenvalue weighted by atomic mass is 9.67. The van der Waals surface area contributed by atoms with Crippen LogP contribution in [0.4, 0.5) is 0 Å². The number of hydrogen-bond acceptors (Lipinski definition) is 2. The summed E-state index contributed by atoms with van der Waals surface area (Å²) in [7, 11) is 0. The van der Waals surface area contributed by atoms with Crippen LogP contribution in [-0.4, -0.2) is 12.1 Å². The SMILES string of the molecule is C/C(=C\CC/C(C)=C/C[C@]1(C)CCC1=O)CCC=O. The van der Waals surface area contributed by atoms with Gasteiger partial charge in [-0.15, -0.1) is 0 Å². The first kappa shape index (κ1) is 15.9. The van der Waals surface area contributed by atoms with E-state index in [9.17, 15) is 9.59 Å². The normalized spacial score (nSPS) is 24.3. The molecule has 1 aliphatic carbocycles. The van der Waals surface area contributed by atoms with Crippen molar-refractivity contribution in [3.05, 3.63) is 23.3 Å². The first-order valence-corrected chi connectivity index (χ1v) is 7.26. The van der Waals surface area contributed by atoms with Gasteiger partial charge in [-0.2, -0.15) is 0 Å². The van der Waals surface area contributed by atoms with Crippen LogP contribution in [0.25, 0.3) is 0 Å². The largest absolute Gasteiger partial charge is 0.303 e. The number of aldehydes is 1. The van der Waals surface area contributed by atoms with Crippen molar-refractivity contribution in [3.63, 3.8) is 0 Å². The Morgan fingerprint density at radius 1 is 1.16 bits per heavy atom. The molecule has 0 N–H and O–H groups in total. The highest BCUT2D eigenvalue weighted by molar-refractivity contribution is 5.90. The van der Waals surface area contributed by atoms with Gasteiger partial charge in [0, 0.05) is 18.3 Å². The van der Waals surface area contributed by atoms with Gasteiger partial charge in [0.25, 0.3) is 0 Å². The number of allylic oxidation sites excluding steroid dienone is 4. The van der Waals surface area contributed by atoms with Crippen molar-refractivity contribution in [3.8, 4) is 0 Å². The topological polar surface area (TPSA) is 34.1 Å². The van der Waals surface area contributed by atoms with Crippen LogP contribution in [-0.2, 0) is 9.59 Å². The van der Waals surface area contributed by atoms with Crippen LogP contribution in [0.15, 0.2) is 23.3 Å². The summed E-state index contributed by atoms with van der Waals surface area (Å²) in [4.78, 5) is 21.8. The lowest BCUT2D eigenvalue weighted by Gasteiger charge is -2.35. The van der Waals surface area contributed by atoms with Crippen molar-refractivity contribution in [2.24, 2.45) is 5.41 Å². The summed E-state index contributed by atoms with van der Waals surface area (Å²) in [5, 5.41) is 0. The third-order valence-corrected chi connectivity index (χ3v) is 4.17. The quantitative estimate of drug-likeness (QED) is 0.480. The number of hydrogen-bond donors (Lipinski definition) is 0. The zero-order valence-electron chi connectivity index (χ0n) is 12.5. The van der Waals surface area contributed by atoms with Crippen molar-refractivity contribution in [2.75, 3.05) is 0 Å². The minimum Gasteiger partial charge on any atom is -0.303 e. The van der Waals surface area contributed by atoms with E-state index in [0.29, 0.717) is 12.2 Å². The van der Waals surface area contributed by atoms with Crippen LogP contribution in [0.5, 0.6) is 0 Å². The Bertz CT molecular complexity index is 390. The summed E-state index contributed by atoms with van der Waals surface area (Å²) < 4.78 is 0. The number of ketones is 1. The summed E-state index contributed by atoms with van der Waals surface area (Å²) in [5.41, 5.74) is 2.58. The van der Waals surface area contributed by atoms with Gasteiger partial charge in [-0.3, -0.25) is 4.79 Å². The fourth-order valence-corrected chi connectivity index (χ4v) is 2.31. The Morgan fingerprint density at radius 3 is 2.32 bits per heavy atom. The smallest absolute Gasteiger partial charge is 0.139 e. The van der Waals surface area contributed by atoms with E-state index >= 15 is 0 Å². The van der Waals surface area contributed by atoms with Crippen molar-refractivity contribution in [2.45, 2.75) is 65.7 Å². The average Bonchev–Trinajstić information content (AvgIpc) is 2.40. The molecule has 0 bridgehead atoms. The van der Waals surface area contributed by atoms with Crippen LogP contribution >= 0.6 is 0 Å². The molecule has 2 heteroatoms. The third-order valence-electron chi connectivity index (χ3n) is 4.17. The van der Waals surface area contributed by atoms with Crippen molar-refractivity contribution in [1.29, 1.82) is 0 Å². The molecule has 0 aromatic carbocycles. The molecule has 0 unspecified atom stereocenters. The first-order valence-electron chi connectivity index (χ1n) is 7.26. The number of rotatable bonds is 8. The molecule has 0 heterocycles. The van der Waals surface area contributed by atoms with E-state index in [1.807, 2.05) is 0 Å². The van der Waals surface area contributed by atoms with E-state index in [1.54, 1.807) is 0 Å². The van der Waals surface area contributed by atoms with Crippen molar-refractivity contribution < 1.29 is 9.59 Å². The van der Waals surface area contributed by atoms with E-state index < -0.39 is 0 Å². The van der Waals surface area contributed by atoms with Gasteiger partial charge in [0.1, 0.15) is 12.1 Å². The predicted octanol–water partition coefficient (Wildman–Crippen LogP) is 4.40. The second kappa shape index (κ2) is 7.42. The Hall–Kier alpha value is -1.18. The molecule has 2 nitrogen and oxygen atoms in total. The molecular weight excluding hydrogens is 236 g/mol. The lowest BCUT2D eigenvalue weighted by Crippen LogP contribution is -2.37. The molecule has 1 rings (SSSR count). The Morgan fingerprint density at radius 2 is 1.79 bits per heavy atom. The molecule has 19 heavy (non-hydrogen) atoms. The van der Waals surface area contributed by atoms with Gasteiger partial charge in [0.15, 0.2) is 0 Å². The zero-order chi connectivity index (χ0) is 14.3. The molecule has 1 aliphatic rings. The molecule has 106 valence electrons. The van der Waals surface area contributed by atoms with E-state index in [4.69, 9.17) is 0 Å². The second-order valence-electron chi connectivity index (χ2n) is 6.03. The minimum atomic E-state index is -0.0724. The van der Waals surface area contributed by atoms with Gasteiger partial charge >= 0.3 is 0 Å². The number of Topliss-reactive ketones (excluding diaryl/α,β-unsaturated/α-hetero) is 1. The van der Waals surface area contributed by atoms with Gasteiger partial charge in [-0.1, -0.05) is 30.2 Å². The maximum atomic E-state index is 11.5. The summed E-state index contributed by atoms with van der Waals surface area (Å²) in [6, 6.07) is 0. The monoisotopic (exact) mass is 262 g/mol. The molecule has 0 aliphatic heterocycles. The van der Waals surface area contributed by atoms with E-state index in [1.165, 1.54) is 11.1 Å². The van der Waals surface area contributed by atoms with E-state index in [2.05, 4.69) is 32.9 Å². The van der Waals surface area contributed by atoms with Crippen LogP contribution in [0.3, 0.4) is 0 Å². The van der Waals surface area contributed by atoms with Crippen LogP contribution < -0.4 is 0 Å². The highest BCUT2D eigenvalue weighted by atomic mass is 16.1. The number of carbonyl (C=O) groups is 2. The number of carbonyl (C=O) groups excluding carboxylic acids is 2. The average molecular weight is 262 g/mol. The van der Waals surface area contributed by atoms with Gasteiger partial charge < -0.3 is 4.79 Å². The third kappa shape index (κ3) is 5.14. The standard InChI is InChI=1S/C17H26O2/c1-14(8-5-13-18)6-4-7-15(2)9-11-17(3)12-10-16(17)19/h6,9,13H,4-5,7-8,10-12H2,1-3H3/b14-6+,15-9+/t17-/m1/s1. The summed E-state index contributed by atoms with van der Waals surface area (Å²) in [6.07, 6.45) is 11.7. The summed E-state index contributed by atoms with van der Waals surface area (Å²) in [6.45, 7) is 6.30. The molecule has 0 saturated heterocycles. The Kier molecular flexibility index (Phi) is 6.20. The Labute approximate surface area is 117 Å². The van der Waals surface area contributed by atoms with Gasteiger partial charge in [-0.05, 0) is 46.0 Å². The second-order valence-corrected chi connectivity index (χ2v) is 6.03. The summed E-state index contributed by atoms with van der Waals surface area (Å²) >= 11 is 0. The van der Waals surface area contributed by atoms with Gasteiger partial charge in [0.05, 0.1) is 0 Å². The molecule has 0 aromatic rings. The predicted molar refractivity (Wildman–Crippen MR) is 79.0 cm³/mol. The van der Waals surface area contributed by atoms with Crippen LogP contribution in [0.1, 0.15) is 65.7 Å². The van der Waals surface area contributed by atoms with Crippen LogP contribution in [0.2, 0.25) is 0 Å². The molecule has 1 fully saturated rings. The van der Waals surface area contributed by atoms with Crippen molar-refractivity contribution >= 4 is 12.1 Å². The molecule has 0 amide bonds. The Balaban J connectivity index is 2.28. The molecule has 1 saturated carbocycles. The molecule has 0 radical (unpaired) electrons. The van der Waals surface area contributed by atoms with Crippen molar-refractivity contribution in [1.82, 2.24) is 0 Å². The van der Waals surface area contributed by atoms with Gasteiger partial charge in [0.2, 0.25) is 0 Å². The van der Waals surface area contributed by atoms with E-state index in [0.717, 1.165) is 44.8 Å². The molecular formula is C17H26O2. The highest BCUT2D eigenvalue weighted by Gasteiger charge is 2.39. The first-order chi connectivity index (χ1) is 8.98. The van der Waals surface area contributed by atoms with E-state index in [-0.39, 0.29) is 5.41 Å². The minimum absolute atomic E-state index is 0.0724. The highest BCUT2D eigenvalue weighted by Crippen LogP contribution is 2.40. The zero-order valence-corrected chi connectivity index (χ0v) is 12.5. The molecule has 0 spiro atoms. The lowest BCUT2D eigenvalue weighted by molar-refractivity contribution is -0.136. The maximum Gasteiger partial charge on any atom is 0.139 e. The fraction of sp³-hybridized carbons (Fsp3) is 0.647. The maximum absolute atomic E-state index is 11.5.